The summed E-state index contributed by atoms with van der Waals surface area (Å²) in [6.07, 6.45) is -0.719. The molecule has 4 aromatic rings. The minimum absolute atomic E-state index is 0.695. The molecule has 0 bridgehead atoms. The van der Waals surface area contributed by atoms with Crippen LogP contribution in [0.25, 0.3) is 11.0 Å². The lowest BCUT2D eigenvalue weighted by Crippen LogP contribution is -2.11. The predicted molar refractivity (Wildman–Crippen MR) is 103 cm³/mol. The lowest BCUT2D eigenvalue weighted by Gasteiger charge is -2.15. The highest BCUT2D eigenvalue weighted by atomic mass is 32.1. The fourth-order valence-electron chi connectivity index (χ4n) is 3.19. The fraction of sp³-hybridized carbons (Fsp3) is 0.190. The summed E-state index contributed by atoms with van der Waals surface area (Å²) in [4.78, 5) is 4.73. The van der Waals surface area contributed by atoms with Crippen LogP contribution in [0.5, 0.6) is 0 Å². The van der Waals surface area contributed by atoms with E-state index in [2.05, 4.69) is 42.7 Å². The molecule has 1 N–H and O–H groups in total. The van der Waals surface area contributed by atoms with E-state index >= 15 is 0 Å². The van der Waals surface area contributed by atoms with Crippen molar-refractivity contribution in [2.24, 2.45) is 0 Å². The van der Waals surface area contributed by atoms with Gasteiger partial charge in [-0.25, -0.2) is 4.98 Å². The maximum Gasteiger partial charge on any atom is 0.143 e. The number of hydrogen-bond donors (Lipinski definition) is 1. The molecule has 0 saturated carbocycles. The average molecular weight is 348 g/mol. The van der Waals surface area contributed by atoms with Crippen molar-refractivity contribution in [2.75, 3.05) is 0 Å². The van der Waals surface area contributed by atoms with Gasteiger partial charge in [-0.2, -0.15) is 11.3 Å². The van der Waals surface area contributed by atoms with E-state index < -0.39 is 6.10 Å². The number of aliphatic hydroxyl groups is 1. The van der Waals surface area contributed by atoms with Crippen LogP contribution in [0.2, 0.25) is 0 Å². The summed E-state index contributed by atoms with van der Waals surface area (Å²) >= 11 is 1.59. The van der Waals surface area contributed by atoms with Gasteiger partial charge in [0.15, 0.2) is 0 Å². The summed E-state index contributed by atoms with van der Waals surface area (Å²) in [7, 11) is 0. The second-order valence-corrected chi connectivity index (χ2v) is 7.21. The minimum atomic E-state index is -0.719. The lowest BCUT2D eigenvalue weighted by molar-refractivity contribution is 0.206. The van der Waals surface area contributed by atoms with Gasteiger partial charge in [0.25, 0.3) is 0 Å². The molecule has 0 saturated heterocycles. The molecule has 2 aromatic carbocycles. The summed E-state index contributed by atoms with van der Waals surface area (Å²) in [5, 5.41) is 14.8. The molecule has 2 aromatic heterocycles. The van der Waals surface area contributed by atoms with Gasteiger partial charge >= 0.3 is 0 Å². The zero-order valence-electron chi connectivity index (χ0n) is 14.3. The van der Waals surface area contributed by atoms with E-state index in [1.54, 1.807) is 11.3 Å². The molecule has 0 spiro atoms. The van der Waals surface area contributed by atoms with Gasteiger partial charge in [-0.1, -0.05) is 35.9 Å². The van der Waals surface area contributed by atoms with Gasteiger partial charge in [0.1, 0.15) is 11.9 Å². The Hall–Kier alpha value is -2.43. The van der Waals surface area contributed by atoms with Crippen molar-refractivity contribution < 1.29 is 5.11 Å². The van der Waals surface area contributed by atoms with Crippen molar-refractivity contribution >= 4 is 22.4 Å². The van der Waals surface area contributed by atoms with Crippen molar-refractivity contribution in [3.63, 3.8) is 0 Å². The highest BCUT2D eigenvalue weighted by molar-refractivity contribution is 7.07. The van der Waals surface area contributed by atoms with E-state index in [-0.39, 0.29) is 0 Å². The first-order valence-electron chi connectivity index (χ1n) is 8.35. The van der Waals surface area contributed by atoms with Crippen molar-refractivity contribution in [3.05, 3.63) is 87.4 Å². The number of benzene rings is 2. The molecule has 1 unspecified atom stereocenters. The third-order valence-corrected chi connectivity index (χ3v) is 5.32. The highest BCUT2D eigenvalue weighted by Crippen LogP contribution is 2.28. The molecular weight excluding hydrogens is 328 g/mol. The van der Waals surface area contributed by atoms with Crippen LogP contribution in [0, 0.1) is 13.8 Å². The van der Waals surface area contributed by atoms with E-state index in [0.29, 0.717) is 12.4 Å². The summed E-state index contributed by atoms with van der Waals surface area (Å²) in [6, 6.07) is 16.5. The number of rotatable bonds is 4. The Morgan fingerprint density at radius 2 is 1.96 bits per heavy atom. The van der Waals surface area contributed by atoms with Gasteiger partial charge in [-0.3, -0.25) is 0 Å². The van der Waals surface area contributed by atoms with E-state index in [1.165, 1.54) is 16.7 Å². The molecule has 0 fully saturated rings. The molecule has 0 radical (unpaired) electrons. The topological polar surface area (TPSA) is 38.0 Å². The second-order valence-electron chi connectivity index (χ2n) is 6.43. The SMILES string of the molecule is Cc1ccc(C)c(Cn2c(C(O)c3ccsc3)nc3ccccc32)c1. The fourth-order valence-corrected chi connectivity index (χ4v) is 3.87. The molecule has 1 atom stereocenters. The molecule has 0 aliphatic rings. The zero-order chi connectivity index (χ0) is 17.4. The standard InChI is InChI=1S/C21H20N2OS/c1-14-7-8-15(2)17(11-14)12-23-19-6-4-3-5-18(19)22-21(23)20(24)16-9-10-25-13-16/h3-11,13,20,24H,12H2,1-2H3. The number of para-hydroxylation sites is 2. The maximum atomic E-state index is 10.9. The first kappa shape index (κ1) is 16.1. The van der Waals surface area contributed by atoms with Crippen LogP contribution < -0.4 is 0 Å². The number of fused-ring (bicyclic) bond motifs is 1. The highest BCUT2D eigenvalue weighted by Gasteiger charge is 2.20. The van der Waals surface area contributed by atoms with Crippen molar-refractivity contribution in [1.82, 2.24) is 9.55 Å². The largest absolute Gasteiger partial charge is 0.380 e. The number of thiophene rings is 1. The van der Waals surface area contributed by atoms with Gasteiger partial charge in [0.05, 0.1) is 11.0 Å². The van der Waals surface area contributed by atoms with Gasteiger partial charge in [0, 0.05) is 6.54 Å². The number of aliphatic hydroxyl groups excluding tert-OH is 1. The Labute approximate surface area is 151 Å². The summed E-state index contributed by atoms with van der Waals surface area (Å²) < 4.78 is 2.14. The number of aromatic nitrogens is 2. The number of hydrogen-bond acceptors (Lipinski definition) is 3. The van der Waals surface area contributed by atoms with E-state index in [0.717, 1.165) is 16.6 Å². The molecule has 0 aliphatic carbocycles. The maximum absolute atomic E-state index is 10.9. The van der Waals surface area contributed by atoms with Crippen LogP contribution in [-0.4, -0.2) is 14.7 Å². The third kappa shape index (κ3) is 2.99. The third-order valence-electron chi connectivity index (χ3n) is 4.62. The lowest BCUT2D eigenvalue weighted by atomic mass is 10.1. The first-order chi connectivity index (χ1) is 12.1. The van der Waals surface area contributed by atoms with Gasteiger partial charge in [0.2, 0.25) is 0 Å². The Balaban J connectivity index is 1.86. The second kappa shape index (κ2) is 6.47. The Morgan fingerprint density at radius 1 is 1.12 bits per heavy atom. The normalized spacial score (nSPS) is 12.6. The molecule has 4 heteroatoms. The van der Waals surface area contributed by atoms with Crippen molar-refractivity contribution in [2.45, 2.75) is 26.5 Å². The number of nitrogens with zero attached hydrogens (tertiary/aromatic N) is 2. The number of aryl methyl sites for hydroxylation is 2. The van der Waals surface area contributed by atoms with E-state index in [1.807, 2.05) is 35.0 Å². The molecular formula is C21H20N2OS. The summed E-state index contributed by atoms with van der Waals surface area (Å²) in [6.45, 7) is 4.93. The Kier molecular flexibility index (Phi) is 4.15. The van der Waals surface area contributed by atoms with Crippen LogP contribution in [0.1, 0.15) is 34.2 Å². The smallest absolute Gasteiger partial charge is 0.143 e. The summed E-state index contributed by atoms with van der Waals surface area (Å²) in [5.41, 5.74) is 6.60. The molecule has 0 aliphatic heterocycles. The van der Waals surface area contributed by atoms with Gasteiger partial charge in [-0.05, 0) is 59.5 Å². The molecule has 3 nitrogen and oxygen atoms in total. The molecule has 0 amide bonds. The Morgan fingerprint density at radius 3 is 2.76 bits per heavy atom. The Bertz CT molecular complexity index is 1020. The van der Waals surface area contributed by atoms with E-state index in [4.69, 9.17) is 4.98 Å². The molecule has 126 valence electrons. The van der Waals surface area contributed by atoms with E-state index in [9.17, 15) is 5.11 Å². The van der Waals surface area contributed by atoms with Crippen molar-refractivity contribution in [3.8, 4) is 0 Å². The quantitative estimate of drug-likeness (QED) is 0.573. The predicted octanol–water partition coefficient (Wildman–Crippen LogP) is 4.84. The molecule has 2 heterocycles. The monoisotopic (exact) mass is 348 g/mol. The van der Waals surface area contributed by atoms with Crippen LogP contribution in [0.15, 0.2) is 59.3 Å². The molecule has 25 heavy (non-hydrogen) atoms. The number of imidazole rings is 1. The van der Waals surface area contributed by atoms with Gasteiger partial charge in [-0.15, -0.1) is 0 Å². The zero-order valence-corrected chi connectivity index (χ0v) is 15.1. The minimum Gasteiger partial charge on any atom is -0.380 e. The van der Waals surface area contributed by atoms with Crippen molar-refractivity contribution in [1.29, 1.82) is 0 Å². The van der Waals surface area contributed by atoms with Crippen LogP contribution in [0.4, 0.5) is 0 Å². The first-order valence-corrected chi connectivity index (χ1v) is 9.29. The molecule has 4 rings (SSSR count). The average Bonchev–Trinajstić information content (AvgIpc) is 3.26. The van der Waals surface area contributed by atoms with Gasteiger partial charge < -0.3 is 9.67 Å². The van der Waals surface area contributed by atoms with Crippen LogP contribution in [0.3, 0.4) is 0 Å². The summed E-state index contributed by atoms with van der Waals surface area (Å²) in [5.74, 6) is 0.695. The van der Waals surface area contributed by atoms with Crippen LogP contribution >= 0.6 is 11.3 Å². The van der Waals surface area contributed by atoms with Crippen LogP contribution in [-0.2, 0) is 6.54 Å².